The molecule has 0 aliphatic heterocycles. The molecule has 314 valence electrons. The highest BCUT2D eigenvalue weighted by Crippen LogP contribution is 2.43. The van der Waals surface area contributed by atoms with Crippen molar-refractivity contribution < 1.29 is 37.6 Å². The van der Waals surface area contributed by atoms with Crippen LogP contribution >= 0.6 is 7.82 Å². The van der Waals surface area contributed by atoms with E-state index in [1.807, 2.05) is 0 Å². The molecule has 0 radical (unpaired) electrons. The molecule has 1 unspecified atom stereocenters. The highest BCUT2D eigenvalue weighted by Gasteiger charge is 2.26. The molecule has 0 heterocycles. The van der Waals surface area contributed by atoms with Crippen LogP contribution in [0.5, 0.6) is 0 Å². The number of allylic oxidation sites excluding steroid dienone is 2. The lowest BCUT2D eigenvalue weighted by Gasteiger charge is -2.19. The van der Waals surface area contributed by atoms with Gasteiger partial charge in [-0.25, -0.2) is 4.57 Å². The van der Waals surface area contributed by atoms with Crippen molar-refractivity contribution in [1.29, 1.82) is 0 Å². The third-order valence-electron chi connectivity index (χ3n) is 9.65. The van der Waals surface area contributed by atoms with Gasteiger partial charge in [0.05, 0.1) is 13.2 Å². The molecule has 53 heavy (non-hydrogen) atoms. The summed E-state index contributed by atoms with van der Waals surface area (Å²) in [5.41, 5.74) is 5.35. The van der Waals surface area contributed by atoms with E-state index in [1.54, 1.807) is 0 Å². The van der Waals surface area contributed by atoms with Gasteiger partial charge >= 0.3 is 19.8 Å². The Kier molecular flexibility index (Phi) is 39.5. The summed E-state index contributed by atoms with van der Waals surface area (Å²) in [7, 11) is -4.37. The number of phosphoric acid groups is 1. The number of phosphoric ester groups is 1. The fraction of sp³-hybridized carbons (Fsp3) is 0.907. The number of carbonyl (C=O) groups excluding carboxylic acids is 2. The molecule has 3 N–H and O–H groups in total. The lowest BCUT2D eigenvalue weighted by Crippen LogP contribution is -2.29. The second-order valence-electron chi connectivity index (χ2n) is 14.9. The van der Waals surface area contributed by atoms with Gasteiger partial charge in [0.15, 0.2) is 6.10 Å². The van der Waals surface area contributed by atoms with E-state index in [0.717, 1.165) is 44.9 Å². The molecule has 0 aliphatic rings. The quantitative estimate of drug-likeness (QED) is 0.0269. The fourth-order valence-electron chi connectivity index (χ4n) is 6.34. The van der Waals surface area contributed by atoms with Crippen molar-refractivity contribution in [2.75, 3.05) is 26.4 Å². The predicted molar refractivity (Wildman–Crippen MR) is 220 cm³/mol. The van der Waals surface area contributed by atoms with Gasteiger partial charge in [-0.2, -0.15) is 0 Å². The number of nitrogens with two attached hydrogens (primary N) is 1. The van der Waals surface area contributed by atoms with Crippen molar-refractivity contribution in [3.63, 3.8) is 0 Å². The van der Waals surface area contributed by atoms with Crippen molar-refractivity contribution in [3.8, 4) is 0 Å². The van der Waals surface area contributed by atoms with Crippen LogP contribution in [-0.2, 0) is 32.7 Å². The molecule has 0 aromatic rings. The second-order valence-corrected chi connectivity index (χ2v) is 16.4. The summed E-state index contributed by atoms with van der Waals surface area (Å²) in [6, 6.07) is 0. The summed E-state index contributed by atoms with van der Waals surface area (Å²) in [6.07, 6.45) is 40.9. The number of hydrogen-bond donors (Lipinski definition) is 2. The Hall–Kier alpha value is -1.25. The smallest absolute Gasteiger partial charge is 0.462 e. The zero-order valence-electron chi connectivity index (χ0n) is 34.5. The largest absolute Gasteiger partial charge is 0.472 e. The Morgan fingerprint density at radius 1 is 0.547 bits per heavy atom. The first-order valence-corrected chi connectivity index (χ1v) is 23.7. The number of hydrogen-bond acceptors (Lipinski definition) is 8. The van der Waals surface area contributed by atoms with Crippen LogP contribution in [0.3, 0.4) is 0 Å². The van der Waals surface area contributed by atoms with Crippen LogP contribution in [0.25, 0.3) is 0 Å². The molecule has 0 fully saturated rings. The first kappa shape index (κ1) is 51.8. The van der Waals surface area contributed by atoms with Gasteiger partial charge in [-0.15, -0.1) is 0 Å². The van der Waals surface area contributed by atoms with Gasteiger partial charge in [0.2, 0.25) is 0 Å². The lowest BCUT2D eigenvalue weighted by molar-refractivity contribution is -0.161. The standard InChI is InChI=1S/C43H84NO8P/c1-3-5-7-9-11-13-15-17-19-20-22-24-26-28-30-32-34-36-43(46)52-41(40-51-53(47,48)50-38-37-44)39-49-42(45)35-33-31-29-27-25-23-21-18-16-14-12-10-8-6-4-2/h17,19,41H,3-16,18,20-40,44H2,1-2H3,(H,47,48)/b19-17+/t41-/m1/s1. The Morgan fingerprint density at radius 3 is 1.34 bits per heavy atom. The van der Waals surface area contributed by atoms with E-state index in [2.05, 4.69) is 26.0 Å². The molecule has 0 saturated carbocycles. The van der Waals surface area contributed by atoms with Gasteiger partial charge in [-0.1, -0.05) is 180 Å². The average Bonchev–Trinajstić information content (AvgIpc) is 3.14. The van der Waals surface area contributed by atoms with E-state index in [-0.39, 0.29) is 38.6 Å². The molecule has 0 amide bonds. The monoisotopic (exact) mass is 774 g/mol. The average molecular weight is 774 g/mol. The number of rotatable bonds is 42. The number of ether oxygens (including phenoxy) is 2. The van der Waals surface area contributed by atoms with Gasteiger partial charge in [0.1, 0.15) is 6.61 Å². The minimum Gasteiger partial charge on any atom is -0.462 e. The maximum atomic E-state index is 12.6. The molecule has 0 saturated heterocycles. The summed E-state index contributed by atoms with van der Waals surface area (Å²) in [4.78, 5) is 34.9. The maximum Gasteiger partial charge on any atom is 0.472 e. The third-order valence-corrected chi connectivity index (χ3v) is 10.6. The minimum atomic E-state index is -4.37. The van der Waals surface area contributed by atoms with Gasteiger partial charge in [-0.3, -0.25) is 18.6 Å². The van der Waals surface area contributed by atoms with Crippen LogP contribution in [0, 0.1) is 0 Å². The Morgan fingerprint density at radius 2 is 0.925 bits per heavy atom. The van der Waals surface area contributed by atoms with Gasteiger partial charge in [0, 0.05) is 19.4 Å². The predicted octanol–water partition coefficient (Wildman–Crippen LogP) is 12.6. The Labute approximate surface area is 326 Å². The van der Waals surface area contributed by atoms with Crippen LogP contribution < -0.4 is 5.73 Å². The van der Waals surface area contributed by atoms with Crippen molar-refractivity contribution >= 4 is 19.8 Å². The minimum absolute atomic E-state index is 0.0555. The van der Waals surface area contributed by atoms with Gasteiger partial charge in [-0.05, 0) is 38.5 Å². The van der Waals surface area contributed by atoms with E-state index in [4.69, 9.17) is 24.3 Å². The molecule has 0 bridgehead atoms. The molecule has 0 aliphatic carbocycles. The highest BCUT2D eigenvalue weighted by atomic mass is 31.2. The summed E-state index contributed by atoms with van der Waals surface area (Å²) in [5.74, 6) is -0.822. The van der Waals surface area contributed by atoms with E-state index in [0.29, 0.717) is 6.42 Å². The number of carbonyl (C=O) groups is 2. The van der Waals surface area contributed by atoms with Crippen molar-refractivity contribution in [2.24, 2.45) is 5.73 Å². The normalized spacial score (nSPS) is 13.4. The first-order valence-electron chi connectivity index (χ1n) is 22.2. The molecule has 0 spiro atoms. The van der Waals surface area contributed by atoms with Crippen LogP contribution in [0.4, 0.5) is 0 Å². The summed E-state index contributed by atoms with van der Waals surface area (Å²) >= 11 is 0. The molecule has 0 aromatic carbocycles. The zero-order chi connectivity index (χ0) is 38.9. The SMILES string of the molecule is CCCCCCCC/C=C/CCCCCCCCCC(=O)O[C@H](COC(=O)CCCCCCCCCCCCCCCCC)COP(=O)(O)OCCN. The first-order chi connectivity index (χ1) is 25.8. The van der Waals surface area contributed by atoms with Crippen LogP contribution in [0.2, 0.25) is 0 Å². The molecule has 2 atom stereocenters. The number of unbranched alkanes of at least 4 members (excludes halogenated alkanes) is 27. The lowest BCUT2D eigenvalue weighted by atomic mass is 10.0. The van der Waals surface area contributed by atoms with Gasteiger partial charge < -0.3 is 20.1 Å². The fourth-order valence-corrected chi connectivity index (χ4v) is 7.10. The molecular formula is C43H84NO8P. The van der Waals surface area contributed by atoms with Crippen LogP contribution in [0.15, 0.2) is 12.2 Å². The number of esters is 2. The molecule has 10 heteroatoms. The molecule has 0 aromatic heterocycles. The maximum absolute atomic E-state index is 12.6. The van der Waals surface area contributed by atoms with Crippen molar-refractivity contribution in [2.45, 2.75) is 225 Å². The van der Waals surface area contributed by atoms with E-state index in [9.17, 15) is 19.0 Å². The molecule has 9 nitrogen and oxygen atoms in total. The van der Waals surface area contributed by atoms with Crippen LogP contribution in [0.1, 0.15) is 219 Å². The van der Waals surface area contributed by atoms with Crippen LogP contribution in [-0.4, -0.2) is 49.3 Å². The third kappa shape index (κ3) is 40.2. The summed E-state index contributed by atoms with van der Waals surface area (Å²) < 4.78 is 32.8. The van der Waals surface area contributed by atoms with E-state index >= 15 is 0 Å². The van der Waals surface area contributed by atoms with Gasteiger partial charge in [0.25, 0.3) is 0 Å². The Balaban J connectivity index is 4.12. The molecule has 0 rings (SSSR count). The topological polar surface area (TPSA) is 134 Å². The Bertz CT molecular complexity index is 886. The zero-order valence-corrected chi connectivity index (χ0v) is 35.4. The second kappa shape index (κ2) is 40.4. The summed E-state index contributed by atoms with van der Waals surface area (Å²) in [6.45, 7) is 3.75. The van der Waals surface area contributed by atoms with E-state index < -0.39 is 26.5 Å². The molecular weight excluding hydrogens is 689 g/mol. The summed E-state index contributed by atoms with van der Waals surface area (Å²) in [5, 5.41) is 0. The highest BCUT2D eigenvalue weighted by molar-refractivity contribution is 7.47. The van der Waals surface area contributed by atoms with Crippen molar-refractivity contribution in [1.82, 2.24) is 0 Å². The van der Waals surface area contributed by atoms with Crippen molar-refractivity contribution in [3.05, 3.63) is 12.2 Å². The van der Waals surface area contributed by atoms with E-state index in [1.165, 1.54) is 141 Å².